The first-order valence-electron chi connectivity index (χ1n) is 7.53. The van der Waals surface area contributed by atoms with Crippen LogP contribution in [0.25, 0.3) is 0 Å². The Balaban J connectivity index is 2.31. The first-order chi connectivity index (χ1) is 10.2. The van der Waals surface area contributed by atoms with Gasteiger partial charge in [0.15, 0.2) is 0 Å². The predicted molar refractivity (Wildman–Crippen MR) is 83.2 cm³/mol. The van der Waals surface area contributed by atoms with Crippen LogP contribution in [-0.4, -0.2) is 44.1 Å². The lowest BCUT2D eigenvalue weighted by Gasteiger charge is -2.40. The zero-order valence-corrected chi connectivity index (χ0v) is 12.8. The third-order valence-corrected chi connectivity index (χ3v) is 4.21. The largest absolute Gasteiger partial charge is 0.496 e. The maximum absolute atomic E-state index is 12.2. The van der Waals surface area contributed by atoms with Crippen molar-refractivity contribution >= 4 is 5.91 Å². The van der Waals surface area contributed by atoms with E-state index in [9.17, 15) is 4.79 Å². The Labute approximate surface area is 126 Å². The number of nitrogens with one attached hydrogen (secondary N) is 1. The van der Waals surface area contributed by atoms with Gasteiger partial charge in [-0.1, -0.05) is 24.6 Å². The van der Waals surface area contributed by atoms with E-state index >= 15 is 0 Å². The van der Waals surface area contributed by atoms with Crippen LogP contribution in [0.15, 0.2) is 24.3 Å². The van der Waals surface area contributed by atoms with Gasteiger partial charge in [-0.25, -0.2) is 0 Å². The van der Waals surface area contributed by atoms with E-state index < -0.39 is 0 Å². The van der Waals surface area contributed by atoms with Crippen molar-refractivity contribution in [2.45, 2.75) is 31.3 Å². The molecule has 2 unspecified atom stereocenters. The molecule has 1 fully saturated rings. The number of nitrogens with zero attached hydrogens (tertiary/aromatic N) is 1. The maximum atomic E-state index is 12.2. The molecule has 0 spiro atoms. The molecule has 1 saturated heterocycles. The van der Waals surface area contributed by atoms with Gasteiger partial charge in [-0.2, -0.15) is 0 Å². The number of hydrogen-bond donors (Lipinski definition) is 2. The molecular weight excluding hydrogens is 266 g/mol. The van der Waals surface area contributed by atoms with Gasteiger partial charge >= 0.3 is 0 Å². The number of piperidine rings is 1. The number of nitrogens with two attached hydrogens (primary N) is 1. The van der Waals surface area contributed by atoms with Crippen LogP contribution in [0.4, 0.5) is 0 Å². The summed E-state index contributed by atoms with van der Waals surface area (Å²) in [5.41, 5.74) is 7.09. The van der Waals surface area contributed by atoms with Crippen molar-refractivity contribution in [1.82, 2.24) is 10.2 Å². The van der Waals surface area contributed by atoms with E-state index in [0.717, 1.165) is 37.1 Å². The molecule has 1 heterocycles. The molecule has 1 amide bonds. The number of benzene rings is 1. The minimum absolute atomic E-state index is 0.00347. The Morgan fingerprint density at radius 1 is 1.48 bits per heavy atom. The normalized spacial score (nSPS) is 20.8. The molecule has 21 heavy (non-hydrogen) atoms. The molecule has 0 radical (unpaired) electrons. The number of para-hydroxylation sites is 1. The highest BCUT2D eigenvalue weighted by Crippen LogP contribution is 2.33. The summed E-state index contributed by atoms with van der Waals surface area (Å²) in [6.45, 7) is 1.35. The van der Waals surface area contributed by atoms with Crippen molar-refractivity contribution in [3.8, 4) is 5.75 Å². The van der Waals surface area contributed by atoms with Gasteiger partial charge in [0.1, 0.15) is 5.75 Å². The first kappa shape index (κ1) is 15.8. The summed E-state index contributed by atoms with van der Waals surface area (Å²) >= 11 is 0. The number of carbonyl (C=O) groups excluding carboxylic acids is 1. The average Bonchev–Trinajstić information content (AvgIpc) is 2.55. The van der Waals surface area contributed by atoms with E-state index in [4.69, 9.17) is 10.5 Å². The number of likely N-dealkylation sites (N-methyl/N-ethyl adjacent to an activating group) is 1. The third kappa shape index (κ3) is 3.36. The van der Waals surface area contributed by atoms with Gasteiger partial charge in [0.2, 0.25) is 5.91 Å². The second kappa shape index (κ2) is 7.43. The monoisotopic (exact) mass is 291 g/mol. The fraction of sp³-hybridized carbons (Fsp3) is 0.562. The zero-order chi connectivity index (χ0) is 15.2. The third-order valence-electron chi connectivity index (χ3n) is 4.21. The molecule has 0 bridgehead atoms. The topological polar surface area (TPSA) is 67.6 Å². The molecule has 0 aliphatic carbocycles. The average molecular weight is 291 g/mol. The van der Waals surface area contributed by atoms with Crippen LogP contribution >= 0.6 is 0 Å². The Morgan fingerprint density at radius 3 is 2.90 bits per heavy atom. The second-order valence-electron chi connectivity index (χ2n) is 5.36. The molecule has 5 nitrogen and oxygen atoms in total. The van der Waals surface area contributed by atoms with E-state index in [0.29, 0.717) is 6.54 Å². The minimum atomic E-state index is -0.109. The van der Waals surface area contributed by atoms with Crippen molar-refractivity contribution in [2.24, 2.45) is 5.73 Å². The van der Waals surface area contributed by atoms with Crippen molar-refractivity contribution in [3.05, 3.63) is 29.8 Å². The molecule has 0 aromatic heterocycles. The maximum Gasteiger partial charge on any atom is 0.237 e. The molecule has 2 atom stereocenters. The Morgan fingerprint density at radius 2 is 2.24 bits per heavy atom. The number of amides is 1. The molecule has 1 aliphatic heterocycles. The highest BCUT2D eigenvalue weighted by molar-refractivity contribution is 5.81. The molecule has 3 N–H and O–H groups in total. The zero-order valence-electron chi connectivity index (χ0n) is 12.8. The van der Waals surface area contributed by atoms with Crippen molar-refractivity contribution in [3.63, 3.8) is 0 Å². The summed E-state index contributed by atoms with van der Waals surface area (Å²) in [6.07, 6.45) is 3.06. The SMILES string of the molecule is CNC(=O)C1CCCCN1C(CN)c1ccccc1OC. The minimum Gasteiger partial charge on any atom is -0.496 e. The Kier molecular flexibility index (Phi) is 5.59. The molecular formula is C16H25N3O2. The number of ether oxygens (including phenoxy) is 1. The van der Waals surface area contributed by atoms with Gasteiger partial charge in [-0.15, -0.1) is 0 Å². The van der Waals surface area contributed by atoms with Gasteiger partial charge in [-0.05, 0) is 25.5 Å². The number of carbonyl (C=O) groups is 1. The van der Waals surface area contributed by atoms with Crippen LogP contribution in [0.3, 0.4) is 0 Å². The molecule has 5 heteroatoms. The second-order valence-corrected chi connectivity index (χ2v) is 5.36. The van der Waals surface area contributed by atoms with Crippen LogP contribution in [-0.2, 0) is 4.79 Å². The summed E-state index contributed by atoms with van der Waals surface area (Å²) < 4.78 is 5.46. The fourth-order valence-corrected chi connectivity index (χ4v) is 3.16. The lowest BCUT2D eigenvalue weighted by molar-refractivity contribution is -0.128. The highest BCUT2D eigenvalue weighted by Gasteiger charge is 2.34. The van der Waals surface area contributed by atoms with Crippen LogP contribution in [0, 0.1) is 0 Å². The van der Waals surface area contributed by atoms with E-state index in [1.54, 1.807) is 14.2 Å². The Hall–Kier alpha value is -1.59. The smallest absolute Gasteiger partial charge is 0.237 e. The van der Waals surface area contributed by atoms with E-state index in [-0.39, 0.29) is 18.0 Å². The highest BCUT2D eigenvalue weighted by atomic mass is 16.5. The molecule has 116 valence electrons. The number of likely N-dealkylation sites (tertiary alicyclic amines) is 1. The van der Waals surface area contributed by atoms with Gasteiger partial charge in [0.25, 0.3) is 0 Å². The van der Waals surface area contributed by atoms with Crippen LogP contribution < -0.4 is 15.8 Å². The number of methoxy groups -OCH3 is 1. The standard InChI is InChI=1S/C16H25N3O2/c1-18-16(20)13-8-5-6-10-19(13)14(11-17)12-7-3-4-9-15(12)21-2/h3-4,7,9,13-14H,5-6,8,10-11,17H2,1-2H3,(H,18,20). The van der Waals surface area contributed by atoms with E-state index in [1.807, 2.05) is 24.3 Å². The summed E-state index contributed by atoms with van der Waals surface area (Å²) in [4.78, 5) is 14.4. The number of rotatable bonds is 5. The van der Waals surface area contributed by atoms with Gasteiger partial charge in [0.05, 0.1) is 19.2 Å². The van der Waals surface area contributed by atoms with E-state index in [2.05, 4.69) is 10.2 Å². The molecule has 2 rings (SSSR count). The van der Waals surface area contributed by atoms with Crippen molar-refractivity contribution in [2.75, 3.05) is 27.2 Å². The molecule has 0 saturated carbocycles. The first-order valence-corrected chi connectivity index (χ1v) is 7.53. The summed E-state index contributed by atoms with van der Waals surface area (Å²) in [6, 6.07) is 7.80. The van der Waals surface area contributed by atoms with Gasteiger partial charge in [-0.3, -0.25) is 9.69 Å². The van der Waals surface area contributed by atoms with Gasteiger partial charge < -0.3 is 15.8 Å². The lowest BCUT2D eigenvalue weighted by Crippen LogP contribution is -2.51. The molecule has 1 aromatic rings. The van der Waals surface area contributed by atoms with Crippen molar-refractivity contribution in [1.29, 1.82) is 0 Å². The summed E-state index contributed by atoms with van der Waals surface area (Å²) in [5, 5.41) is 2.77. The number of hydrogen-bond acceptors (Lipinski definition) is 4. The van der Waals surface area contributed by atoms with Crippen molar-refractivity contribution < 1.29 is 9.53 Å². The summed E-state index contributed by atoms with van der Waals surface area (Å²) in [5.74, 6) is 0.900. The van der Waals surface area contributed by atoms with Crippen LogP contribution in [0.2, 0.25) is 0 Å². The molecule has 1 aromatic carbocycles. The van der Waals surface area contributed by atoms with E-state index in [1.165, 1.54) is 0 Å². The Bertz CT molecular complexity index is 478. The quantitative estimate of drug-likeness (QED) is 0.858. The lowest BCUT2D eigenvalue weighted by atomic mass is 9.95. The molecule has 1 aliphatic rings. The van der Waals surface area contributed by atoms with Crippen LogP contribution in [0.5, 0.6) is 5.75 Å². The summed E-state index contributed by atoms with van der Waals surface area (Å²) in [7, 11) is 3.36. The fourth-order valence-electron chi connectivity index (χ4n) is 3.16. The predicted octanol–water partition coefficient (Wildman–Crippen LogP) is 1.30. The van der Waals surface area contributed by atoms with Gasteiger partial charge in [0, 0.05) is 19.2 Å². The van der Waals surface area contributed by atoms with Crippen LogP contribution in [0.1, 0.15) is 30.9 Å².